The minimum Gasteiger partial charge on any atom is -0.369 e. The van der Waals surface area contributed by atoms with Crippen LogP contribution >= 0.6 is 11.6 Å². The number of anilines is 2. The molecule has 4 rings (SSSR count). The molecule has 30 heavy (non-hydrogen) atoms. The molecule has 0 spiro atoms. The predicted octanol–water partition coefficient (Wildman–Crippen LogP) is 5.31. The molecule has 2 heterocycles. The van der Waals surface area contributed by atoms with Gasteiger partial charge in [0, 0.05) is 18.7 Å². The van der Waals surface area contributed by atoms with Gasteiger partial charge >= 0.3 is 11.8 Å². The maximum Gasteiger partial charge on any atom is 0.442 e. The third-order valence-corrected chi connectivity index (χ3v) is 6.85. The summed E-state index contributed by atoms with van der Waals surface area (Å²) in [5, 5.41) is 6.67. The van der Waals surface area contributed by atoms with Gasteiger partial charge in [0.15, 0.2) is 0 Å². The standard InChI is InChI=1S/C19H18ClF3N4O2S/c20-15-5-4-6-16(17(15)27-11-2-1-3-12-27)24-30(28,29)14-9-7-13(8-10-14)18(25-26-18)19(21,22)23/h4-10,24H,1-3,11-12H2. The van der Waals surface area contributed by atoms with Gasteiger partial charge in [-0.25, -0.2) is 8.42 Å². The lowest BCUT2D eigenvalue weighted by Crippen LogP contribution is -2.31. The van der Waals surface area contributed by atoms with Crippen LogP contribution in [0.1, 0.15) is 24.8 Å². The van der Waals surface area contributed by atoms with Crippen molar-refractivity contribution in [1.82, 2.24) is 0 Å². The number of benzene rings is 2. The van der Waals surface area contributed by atoms with Crippen molar-refractivity contribution in [2.45, 2.75) is 36.0 Å². The van der Waals surface area contributed by atoms with Crippen LogP contribution in [0.4, 0.5) is 24.5 Å². The highest BCUT2D eigenvalue weighted by Gasteiger charge is 2.65. The maximum atomic E-state index is 13.1. The van der Waals surface area contributed by atoms with Crippen LogP contribution in [0.25, 0.3) is 0 Å². The summed E-state index contributed by atoms with van der Waals surface area (Å²) in [5.74, 6) is 0. The molecule has 1 fully saturated rings. The molecule has 0 saturated carbocycles. The topological polar surface area (TPSA) is 74.1 Å². The zero-order valence-electron chi connectivity index (χ0n) is 15.7. The minimum atomic E-state index is -4.67. The van der Waals surface area contributed by atoms with Crippen LogP contribution in [0.2, 0.25) is 5.02 Å². The predicted molar refractivity (Wildman–Crippen MR) is 107 cm³/mol. The normalized spacial score (nSPS) is 18.3. The van der Waals surface area contributed by atoms with E-state index in [0.29, 0.717) is 16.4 Å². The summed E-state index contributed by atoms with van der Waals surface area (Å²) in [6.45, 7) is 1.53. The third-order valence-electron chi connectivity index (χ3n) is 5.17. The number of sulfonamides is 1. The summed E-state index contributed by atoms with van der Waals surface area (Å²) in [4.78, 5) is 1.87. The second-order valence-electron chi connectivity index (χ2n) is 7.18. The number of hydrogen-bond acceptors (Lipinski definition) is 5. The van der Waals surface area contributed by atoms with Gasteiger partial charge in [0.1, 0.15) is 0 Å². The van der Waals surface area contributed by atoms with E-state index in [1.165, 1.54) is 0 Å². The number of para-hydroxylation sites is 1. The van der Waals surface area contributed by atoms with Crippen molar-refractivity contribution in [1.29, 1.82) is 0 Å². The van der Waals surface area contributed by atoms with Crippen LogP contribution in [-0.4, -0.2) is 27.7 Å². The number of nitrogens with one attached hydrogen (secondary N) is 1. The van der Waals surface area contributed by atoms with E-state index in [9.17, 15) is 21.6 Å². The molecular formula is C19H18ClF3N4O2S. The SMILES string of the molecule is O=S(=O)(Nc1cccc(Cl)c1N1CCCCC1)c1ccc(C2(C(F)(F)F)N=N2)cc1. The fraction of sp³-hybridized carbons (Fsp3) is 0.368. The van der Waals surface area contributed by atoms with Gasteiger partial charge in [0.25, 0.3) is 10.0 Å². The largest absolute Gasteiger partial charge is 0.442 e. The Hall–Kier alpha value is -2.33. The first kappa shape index (κ1) is 20.9. The van der Waals surface area contributed by atoms with E-state index in [1.807, 2.05) is 4.90 Å². The van der Waals surface area contributed by atoms with E-state index in [2.05, 4.69) is 15.0 Å². The van der Waals surface area contributed by atoms with Crippen LogP contribution in [0.15, 0.2) is 57.6 Å². The molecular weight excluding hydrogens is 441 g/mol. The first-order valence-corrected chi connectivity index (χ1v) is 11.2. The van der Waals surface area contributed by atoms with Crippen LogP contribution in [-0.2, 0) is 15.7 Å². The number of piperidine rings is 1. The quantitative estimate of drug-likeness (QED) is 0.659. The number of alkyl halides is 3. The first-order chi connectivity index (χ1) is 14.1. The van der Waals surface area contributed by atoms with Gasteiger partial charge in [-0.1, -0.05) is 29.8 Å². The first-order valence-electron chi connectivity index (χ1n) is 9.32. The molecule has 1 N–H and O–H groups in total. The Morgan fingerprint density at radius 1 is 1.00 bits per heavy atom. The molecule has 11 heteroatoms. The molecule has 0 unspecified atom stereocenters. The smallest absolute Gasteiger partial charge is 0.369 e. The van der Waals surface area contributed by atoms with Crippen LogP contribution < -0.4 is 9.62 Å². The fourth-order valence-corrected chi connectivity index (χ4v) is 4.91. The van der Waals surface area contributed by atoms with E-state index >= 15 is 0 Å². The van der Waals surface area contributed by atoms with E-state index in [4.69, 9.17) is 11.6 Å². The summed E-state index contributed by atoms with van der Waals surface area (Å²) in [6.07, 6.45) is -1.60. The average molecular weight is 459 g/mol. The monoisotopic (exact) mass is 458 g/mol. The lowest BCUT2D eigenvalue weighted by Gasteiger charge is -2.31. The summed E-state index contributed by atoms with van der Waals surface area (Å²) >= 11 is 6.35. The number of hydrogen-bond donors (Lipinski definition) is 1. The number of halogens is 4. The summed E-state index contributed by atoms with van der Waals surface area (Å²) in [5.41, 5.74) is -1.89. The van der Waals surface area contributed by atoms with Crippen LogP contribution in [0, 0.1) is 0 Å². The van der Waals surface area contributed by atoms with Gasteiger partial charge in [-0.05, 0) is 43.5 Å². The van der Waals surface area contributed by atoms with Crippen molar-refractivity contribution in [3.05, 3.63) is 53.1 Å². The van der Waals surface area contributed by atoms with Gasteiger partial charge in [-0.2, -0.15) is 13.2 Å². The van der Waals surface area contributed by atoms with Gasteiger partial charge in [0.2, 0.25) is 0 Å². The Bertz CT molecular complexity index is 1080. The average Bonchev–Trinajstić information content (AvgIpc) is 3.51. The lowest BCUT2D eigenvalue weighted by atomic mass is 10.0. The van der Waals surface area contributed by atoms with Crippen molar-refractivity contribution < 1.29 is 21.6 Å². The Morgan fingerprint density at radius 3 is 2.20 bits per heavy atom. The number of nitrogens with zero attached hydrogens (tertiary/aromatic N) is 3. The highest BCUT2D eigenvalue weighted by atomic mass is 35.5. The van der Waals surface area contributed by atoms with Crippen molar-refractivity contribution in [2.75, 3.05) is 22.7 Å². The van der Waals surface area contributed by atoms with Crippen molar-refractivity contribution in [3.8, 4) is 0 Å². The highest BCUT2D eigenvalue weighted by Crippen LogP contribution is 2.52. The van der Waals surface area contributed by atoms with Crippen molar-refractivity contribution in [2.24, 2.45) is 10.2 Å². The molecule has 0 atom stereocenters. The number of rotatable bonds is 5. The molecule has 0 aliphatic carbocycles. The molecule has 2 aliphatic rings. The molecule has 1 saturated heterocycles. The van der Waals surface area contributed by atoms with Gasteiger partial charge in [0.05, 0.1) is 21.3 Å². The molecule has 0 radical (unpaired) electrons. The second kappa shape index (κ2) is 7.42. The Morgan fingerprint density at radius 2 is 1.63 bits per heavy atom. The van der Waals surface area contributed by atoms with E-state index in [-0.39, 0.29) is 10.5 Å². The van der Waals surface area contributed by atoms with E-state index in [0.717, 1.165) is 56.6 Å². The Labute approximate surface area is 176 Å². The van der Waals surface area contributed by atoms with Crippen LogP contribution in [0.5, 0.6) is 0 Å². The zero-order chi connectivity index (χ0) is 21.6. The van der Waals surface area contributed by atoms with Gasteiger partial charge in [-0.15, -0.1) is 10.2 Å². The van der Waals surface area contributed by atoms with Crippen molar-refractivity contribution in [3.63, 3.8) is 0 Å². The molecule has 0 amide bonds. The molecule has 160 valence electrons. The lowest BCUT2D eigenvalue weighted by molar-refractivity contribution is -0.166. The van der Waals surface area contributed by atoms with E-state index < -0.39 is 21.9 Å². The molecule has 2 aromatic carbocycles. The minimum absolute atomic E-state index is 0.172. The molecule has 6 nitrogen and oxygen atoms in total. The van der Waals surface area contributed by atoms with Crippen LogP contribution in [0.3, 0.4) is 0 Å². The molecule has 2 aliphatic heterocycles. The molecule has 2 aromatic rings. The third kappa shape index (κ3) is 3.74. The summed E-state index contributed by atoms with van der Waals surface area (Å²) in [7, 11) is -4.05. The highest BCUT2D eigenvalue weighted by molar-refractivity contribution is 7.92. The Kier molecular flexibility index (Phi) is 5.17. The fourth-order valence-electron chi connectivity index (χ4n) is 3.55. The van der Waals surface area contributed by atoms with Crippen molar-refractivity contribution >= 4 is 33.0 Å². The Balaban J connectivity index is 1.61. The molecule has 0 aromatic heterocycles. The zero-order valence-corrected chi connectivity index (χ0v) is 17.2. The second-order valence-corrected chi connectivity index (χ2v) is 9.27. The van der Waals surface area contributed by atoms with Gasteiger partial charge < -0.3 is 4.90 Å². The van der Waals surface area contributed by atoms with Gasteiger partial charge in [-0.3, -0.25) is 4.72 Å². The molecule has 0 bridgehead atoms. The maximum absolute atomic E-state index is 13.1. The summed E-state index contributed by atoms with van der Waals surface area (Å²) in [6, 6.07) is 9.32. The summed E-state index contributed by atoms with van der Waals surface area (Å²) < 4.78 is 67.7. The van der Waals surface area contributed by atoms with E-state index in [1.54, 1.807) is 18.2 Å².